The quantitative estimate of drug-likeness (QED) is 0.698. The molecule has 2 rings (SSSR count). The van der Waals surface area contributed by atoms with Crippen LogP contribution in [0.25, 0.3) is 0 Å². The topological polar surface area (TPSA) is 69.6 Å². The number of nitrogens with zero attached hydrogens (tertiary/aromatic N) is 1. The molecule has 1 amide bonds. The Morgan fingerprint density at radius 2 is 1.94 bits per heavy atom. The van der Waals surface area contributed by atoms with Crippen LogP contribution >= 0.6 is 0 Å². The Morgan fingerprint density at radius 3 is 2.62 bits per heavy atom. The molecule has 2 aliphatic rings. The van der Waals surface area contributed by atoms with Crippen molar-refractivity contribution >= 4 is 11.9 Å². The Bertz CT molecular complexity index is 279. The first-order chi connectivity index (χ1) is 7.68. The van der Waals surface area contributed by atoms with Crippen LogP contribution in [0.15, 0.2) is 0 Å². The maximum Gasteiger partial charge on any atom is 0.310 e. The normalized spacial score (nSPS) is 27.0. The number of nitrogens with one attached hydrogen (secondary N) is 1. The van der Waals surface area contributed by atoms with Gasteiger partial charge >= 0.3 is 5.97 Å². The molecule has 0 aromatic rings. The van der Waals surface area contributed by atoms with Crippen molar-refractivity contribution in [2.45, 2.75) is 31.7 Å². The van der Waals surface area contributed by atoms with Gasteiger partial charge in [-0.15, -0.1) is 0 Å². The molecule has 0 bridgehead atoms. The highest BCUT2D eigenvalue weighted by Gasteiger charge is 2.38. The molecule has 0 saturated carbocycles. The Balaban J connectivity index is 1.81. The fourth-order valence-electron chi connectivity index (χ4n) is 2.27. The third kappa shape index (κ3) is 2.35. The molecule has 16 heavy (non-hydrogen) atoms. The summed E-state index contributed by atoms with van der Waals surface area (Å²) >= 11 is 0. The minimum Gasteiger partial charge on any atom is -0.481 e. The second-order valence-corrected chi connectivity index (χ2v) is 4.63. The van der Waals surface area contributed by atoms with Crippen LogP contribution in [0, 0.1) is 5.92 Å². The van der Waals surface area contributed by atoms with Crippen molar-refractivity contribution in [1.29, 1.82) is 0 Å². The van der Waals surface area contributed by atoms with Crippen molar-refractivity contribution in [2.75, 3.05) is 19.6 Å². The second kappa shape index (κ2) is 4.82. The Hall–Kier alpha value is -1.10. The van der Waals surface area contributed by atoms with E-state index in [1.165, 1.54) is 6.42 Å². The van der Waals surface area contributed by atoms with Crippen LogP contribution in [0.2, 0.25) is 0 Å². The monoisotopic (exact) mass is 226 g/mol. The van der Waals surface area contributed by atoms with E-state index in [0.29, 0.717) is 13.1 Å². The first-order valence-corrected chi connectivity index (χ1v) is 5.93. The highest BCUT2D eigenvalue weighted by Crippen LogP contribution is 2.19. The molecule has 2 fully saturated rings. The molecular formula is C11H18N2O3. The third-order valence-corrected chi connectivity index (χ3v) is 3.40. The number of carbonyl (C=O) groups excluding carboxylic acids is 1. The Labute approximate surface area is 94.8 Å². The van der Waals surface area contributed by atoms with Gasteiger partial charge in [0.1, 0.15) is 0 Å². The molecule has 0 aromatic heterocycles. The largest absolute Gasteiger partial charge is 0.481 e. The number of likely N-dealkylation sites (tertiary alicyclic amines) is 1. The fraction of sp³-hybridized carbons (Fsp3) is 0.818. The molecule has 0 spiro atoms. The van der Waals surface area contributed by atoms with Gasteiger partial charge in [0.05, 0.1) is 12.0 Å². The lowest BCUT2D eigenvalue weighted by molar-refractivity contribution is -0.153. The SMILES string of the molecule is O=C(O)C1CN(C(=O)C2CCCCCN2)C1. The molecule has 0 aromatic carbocycles. The average Bonchev–Trinajstić information content (AvgIpc) is 2.42. The molecule has 2 aliphatic heterocycles. The Morgan fingerprint density at radius 1 is 1.19 bits per heavy atom. The van der Waals surface area contributed by atoms with E-state index in [1.807, 2.05) is 0 Å². The maximum absolute atomic E-state index is 12.0. The van der Waals surface area contributed by atoms with Crippen molar-refractivity contribution in [3.8, 4) is 0 Å². The lowest BCUT2D eigenvalue weighted by Gasteiger charge is -2.38. The number of hydrogen-bond acceptors (Lipinski definition) is 3. The summed E-state index contributed by atoms with van der Waals surface area (Å²) in [7, 11) is 0. The fourth-order valence-corrected chi connectivity index (χ4v) is 2.27. The van der Waals surface area contributed by atoms with Crippen molar-refractivity contribution in [3.63, 3.8) is 0 Å². The van der Waals surface area contributed by atoms with Crippen LogP contribution in [0.4, 0.5) is 0 Å². The molecule has 5 heteroatoms. The lowest BCUT2D eigenvalue weighted by Crippen LogP contribution is -2.58. The van der Waals surface area contributed by atoms with Gasteiger partial charge in [-0.3, -0.25) is 9.59 Å². The van der Waals surface area contributed by atoms with Crippen LogP contribution < -0.4 is 5.32 Å². The number of carboxylic acid groups (broad SMARTS) is 1. The lowest BCUT2D eigenvalue weighted by atomic mass is 9.98. The zero-order valence-electron chi connectivity index (χ0n) is 9.32. The van der Waals surface area contributed by atoms with Crippen LogP contribution in [0.1, 0.15) is 25.7 Å². The third-order valence-electron chi connectivity index (χ3n) is 3.40. The summed E-state index contributed by atoms with van der Waals surface area (Å²) in [5.74, 6) is -1.06. The zero-order valence-corrected chi connectivity index (χ0v) is 9.32. The predicted octanol–water partition coefficient (Wildman–Crippen LogP) is 0.0616. The van der Waals surface area contributed by atoms with Gasteiger partial charge in [0, 0.05) is 13.1 Å². The molecule has 0 radical (unpaired) electrons. The summed E-state index contributed by atoms with van der Waals surface area (Å²) in [6, 6.07) is -0.0859. The van der Waals surface area contributed by atoms with Gasteiger partial charge < -0.3 is 15.3 Å². The van der Waals surface area contributed by atoms with Crippen molar-refractivity contribution in [2.24, 2.45) is 5.92 Å². The van der Waals surface area contributed by atoms with E-state index in [2.05, 4.69) is 5.32 Å². The molecule has 1 atom stereocenters. The predicted molar refractivity (Wildman–Crippen MR) is 58.0 cm³/mol. The maximum atomic E-state index is 12.0. The first kappa shape index (κ1) is 11.4. The highest BCUT2D eigenvalue weighted by molar-refractivity contribution is 5.85. The van der Waals surface area contributed by atoms with E-state index in [-0.39, 0.29) is 17.9 Å². The van der Waals surface area contributed by atoms with E-state index < -0.39 is 5.97 Å². The van der Waals surface area contributed by atoms with E-state index in [1.54, 1.807) is 4.90 Å². The van der Waals surface area contributed by atoms with Crippen LogP contribution in [0.3, 0.4) is 0 Å². The molecule has 90 valence electrons. The van der Waals surface area contributed by atoms with Crippen LogP contribution in [-0.2, 0) is 9.59 Å². The molecule has 2 heterocycles. The van der Waals surface area contributed by atoms with Gasteiger partial charge in [0.2, 0.25) is 5.91 Å². The van der Waals surface area contributed by atoms with Crippen molar-refractivity contribution in [3.05, 3.63) is 0 Å². The molecule has 2 N–H and O–H groups in total. The minimum absolute atomic E-state index is 0.0828. The van der Waals surface area contributed by atoms with Gasteiger partial charge in [-0.05, 0) is 19.4 Å². The molecule has 5 nitrogen and oxygen atoms in total. The molecule has 1 unspecified atom stereocenters. The van der Waals surface area contributed by atoms with E-state index in [4.69, 9.17) is 5.11 Å². The molecule has 2 saturated heterocycles. The number of rotatable bonds is 2. The summed E-state index contributed by atoms with van der Waals surface area (Å²) in [5, 5.41) is 12.0. The second-order valence-electron chi connectivity index (χ2n) is 4.63. The van der Waals surface area contributed by atoms with Crippen LogP contribution in [0.5, 0.6) is 0 Å². The van der Waals surface area contributed by atoms with E-state index in [9.17, 15) is 9.59 Å². The number of aliphatic carboxylic acids is 1. The first-order valence-electron chi connectivity index (χ1n) is 5.93. The van der Waals surface area contributed by atoms with Gasteiger partial charge in [0.15, 0.2) is 0 Å². The number of carboxylic acids is 1. The zero-order chi connectivity index (χ0) is 11.5. The Kier molecular flexibility index (Phi) is 3.43. The summed E-state index contributed by atoms with van der Waals surface area (Å²) in [4.78, 5) is 24.3. The average molecular weight is 226 g/mol. The standard InChI is InChI=1S/C11H18N2O3/c14-10(9-4-2-1-3-5-12-9)13-6-8(7-13)11(15)16/h8-9,12H,1-7H2,(H,15,16). The molecule has 0 aliphatic carbocycles. The van der Waals surface area contributed by atoms with Crippen molar-refractivity contribution < 1.29 is 14.7 Å². The summed E-state index contributed by atoms with van der Waals surface area (Å²) < 4.78 is 0. The number of carbonyl (C=O) groups is 2. The van der Waals surface area contributed by atoms with Gasteiger partial charge in [0.25, 0.3) is 0 Å². The van der Waals surface area contributed by atoms with Gasteiger partial charge in [-0.2, -0.15) is 0 Å². The highest BCUT2D eigenvalue weighted by atomic mass is 16.4. The van der Waals surface area contributed by atoms with Gasteiger partial charge in [-0.25, -0.2) is 0 Å². The number of amides is 1. The summed E-state index contributed by atoms with van der Waals surface area (Å²) in [6.45, 7) is 1.66. The smallest absolute Gasteiger partial charge is 0.310 e. The minimum atomic E-state index is -0.794. The van der Waals surface area contributed by atoms with Crippen molar-refractivity contribution in [1.82, 2.24) is 10.2 Å². The van der Waals surface area contributed by atoms with E-state index >= 15 is 0 Å². The molecular weight excluding hydrogens is 208 g/mol. The van der Waals surface area contributed by atoms with E-state index in [0.717, 1.165) is 25.8 Å². The summed E-state index contributed by atoms with van der Waals surface area (Å²) in [6.07, 6.45) is 4.27. The van der Waals surface area contributed by atoms with Gasteiger partial charge in [-0.1, -0.05) is 12.8 Å². The van der Waals surface area contributed by atoms with Crippen LogP contribution in [-0.4, -0.2) is 47.6 Å². The number of hydrogen-bond donors (Lipinski definition) is 2. The summed E-state index contributed by atoms with van der Waals surface area (Å²) in [5.41, 5.74) is 0.